The maximum Gasteiger partial charge on any atom is 0.320 e. The van der Waals surface area contributed by atoms with Gasteiger partial charge in [0.2, 0.25) is 0 Å². The first-order chi connectivity index (χ1) is 11.5. The van der Waals surface area contributed by atoms with E-state index in [2.05, 4.69) is 10.3 Å². The highest BCUT2D eigenvalue weighted by molar-refractivity contribution is 7.13. The van der Waals surface area contributed by atoms with Crippen LogP contribution in [0.2, 0.25) is 0 Å². The Kier molecular flexibility index (Phi) is 6.39. The molecule has 2 N–H and O–H groups in total. The Bertz CT molecular complexity index is 717. The Hall–Kier alpha value is -2.32. The molecular formula is C16H19N3O4S. The van der Waals surface area contributed by atoms with Gasteiger partial charge in [0.25, 0.3) is 5.69 Å². The van der Waals surface area contributed by atoms with Crippen molar-refractivity contribution in [2.45, 2.75) is 38.8 Å². The number of nitro benzene ring substituents is 1. The van der Waals surface area contributed by atoms with Crippen LogP contribution in [0, 0.1) is 10.1 Å². The van der Waals surface area contributed by atoms with Crippen LogP contribution in [-0.2, 0) is 11.3 Å². The quantitative estimate of drug-likeness (QED) is 0.530. The number of thiazole rings is 1. The molecular weight excluding hydrogens is 330 g/mol. The van der Waals surface area contributed by atoms with Gasteiger partial charge in [-0.15, -0.1) is 11.3 Å². The van der Waals surface area contributed by atoms with Gasteiger partial charge in [0, 0.05) is 29.6 Å². The third-order valence-electron chi connectivity index (χ3n) is 3.53. The Labute approximate surface area is 143 Å². The zero-order valence-corrected chi connectivity index (χ0v) is 14.1. The third-order valence-corrected chi connectivity index (χ3v) is 4.47. The van der Waals surface area contributed by atoms with Gasteiger partial charge >= 0.3 is 5.97 Å². The monoisotopic (exact) mass is 349 g/mol. The highest BCUT2D eigenvalue weighted by Crippen LogP contribution is 2.26. The van der Waals surface area contributed by atoms with E-state index in [0.717, 1.165) is 18.5 Å². The summed E-state index contributed by atoms with van der Waals surface area (Å²) in [7, 11) is 0. The Balaban J connectivity index is 2.04. The van der Waals surface area contributed by atoms with Gasteiger partial charge in [-0.1, -0.05) is 31.9 Å². The summed E-state index contributed by atoms with van der Waals surface area (Å²) in [6, 6.07) is 5.72. The van der Waals surface area contributed by atoms with Gasteiger partial charge in [-0.2, -0.15) is 0 Å². The van der Waals surface area contributed by atoms with Crippen LogP contribution in [0.15, 0.2) is 29.6 Å². The molecule has 1 atom stereocenters. The minimum Gasteiger partial charge on any atom is -0.480 e. The molecule has 24 heavy (non-hydrogen) atoms. The van der Waals surface area contributed by atoms with Crippen molar-refractivity contribution < 1.29 is 14.8 Å². The van der Waals surface area contributed by atoms with Crippen molar-refractivity contribution >= 4 is 23.0 Å². The fourth-order valence-electron chi connectivity index (χ4n) is 2.22. The van der Waals surface area contributed by atoms with E-state index in [4.69, 9.17) is 0 Å². The first-order valence-electron chi connectivity index (χ1n) is 7.66. The number of aliphatic carboxylic acids is 1. The van der Waals surface area contributed by atoms with E-state index in [1.807, 2.05) is 12.3 Å². The lowest BCUT2D eigenvalue weighted by atomic mass is 10.1. The highest BCUT2D eigenvalue weighted by Gasteiger charge is 2.17. The maximum absolute atomic E-state index is 11.2. The van der Waals surface area contributed by atoms with Gasteiger partial charge in [-0.05, 0) is 6.42 Å². The number of hydrogen-bond acceptors (Lipinski definition) is 6. The summed E-state index contributed by atoms with van der Waals surface area (Å²) >= 11 is 1.38. The first-order valence-corrected chi connectivity index (χ1v) is 8.54. The highest BCUT2D eigenvalue weighted by atomic mass is 32.1. The number of aromatic nitrogens is 1. The number of unbranched alkanes of at least 4 members (excludes halogenated alkanes) is 1. The lowest BCUT2D eigenvalue weighted by molar-refractivity contribution is -0.384. The molecule has 0 saturated heterocycles. The lowest BCUT2D eigenvalue weighted by Crippen LogP contribution is -2.36. The Morgan fingerprint density at radius 2 is 2.29 bits per heavy atom. The van der Waals surface area contributed by atoms with Crippen molar-refractivity contribution in [3.63, 3.8) is 0 Å². The van der Waals surface area contributed by atoms with Crippen LogP contribution in [0.1, 0.15) is 31.9 Å². The van der Waals surface area contributed by atoms with E-state index in [1.54, 1.807) is 12.1 Å². The molecule has 0 bridgehead atoms. The smallest absolute Gasteiger partial charge is 0.320 e. The minimum atomic E-state index is -0.863. The normalized spacial score (nSPS) is 12.0. The largest absolute Gasteiger partial charge is 0.480 e. The van der Waals surface area contributed by atoms with Crippen LogP contribution in [0.3, 0.4) is 0 Å². The molecule has 0 saturated carbocycles. The maximum atomic E-state index is 11.2. The molecule has 2 rings (SSSR count). The fourth-order valence-corrected chi connectivity index (χ4v) is 3.04. The predicted molar refractivity (Wildman–Crippen MR) is 92.0 cm³/mol. The minimum absolute atomic E-state index is 0.0212. The number of nitrogens with one attached hydrogen (secondary N) is 1. The number of nitro groups is 1. The molecule has 128 valence electrons. The molecule has 2 aromatic rings. The molecule has 0 fully saturated rings. The number of hydrogen-bond donors (Lipinski definition) is 2. The number of carboxylic acids is 1. The second kappa shape index (κ2) is 8.51. The zero-order valence-electron chi connectivity index (χ0n) is 13.3. The van der Waals surface area contributed by atoms with E-state index in [1.165, 1.54) is 23.5 Å². The first kappa shape index (κ1) is 18.0. The molecule has 0 radical (unpaired) electrons. The van der Waals surface area contributed by atoms with Crippen molar-refractivity contribution in [3.8, 4) is 10.6 Å². The molecule has 0 spiro atoms. The lowest BCUT2D eigenvalue weighted by Gasteiger charge is -2.12. The fraction of sp³-hybridized carbons (Fsp3) is 0.375. The summed E-state index contributed by atoms with van der Waals surface area (Å²) in [4.78, 5) is 26.0. The SMILES string of the molecule is CCCCC(NCc1csc(-c2cccc([N+](=O)[O-])c2)n1)C(=O)O. The van der Waals surface area contributed by atoms with Crippen molar-refractivity contribution in [1.82, 2.24) is 10.3 Å². The van der Waals surface area contributed by atoms with Crippen LogP contribution in [0.5, 0.6) is 0 Å². The molecule has 1 aromatic heterocycles. The van der Waals surface area contributed by atoms with Crippen molar-refractivity contribution in [2.24, 2.45) is 0 Å². The van der Waals surface area contributed by atoms with Gasteiger partial charge < -0.3 is 5.11 Å². The van der Waals surface area contributed by atoms with Gasteiger partial charge in [0.1, 0.15) is 11.0 Å². The second-order valence-electron chi connectivity index (χ2n) is 5.37. The average molecular weight is 349 g/mol. The summed E-state index contributed by atoms with van der Waals surface area (Å²) in [6.07, 6.45) is 2.37. The number of benzene rings is 1. The summed E-state index contributed by atoms with van der Waals surface area (Å²) < 4.78 is 0. The van der Waals surface area contributed by atoms with E-state index >= 15 is 0 Å². The number of carboxylic acid groups (broad SMARTS) is 1. The van der Waals surface area contributed by atoms with Crippen LogP contribution >= 0.6 is 11.3 Å². The van der Waals surface area contributed by atoms with Gasteiger partial charge in [-0.25, -0.2) is 4.98 Å². The van der Waals surface area contributed by atoms with Crippen LogP contribution in [0.4, 0.5) is 5.69 Å². The summed E-state index contributed by atoms with van der Waals surface area (Å²) in [5, 5.41) is 25.6. The third kappa shape index (κ3) is 4.84. The Morgan fingerprint density at radius 3 is 2.96 bits per heavy atom. The molecule has 8 heteroatoms. The zero-order chi connectivity index (χ0) is 17.5. The molecule has 1 aromatic carbocycles. The summed E-state index contributed by atoms with van der Waals surface area (Å²) in [6.45, 7) is 2.37. The Morgan fingerprint density at radius 1 is 1.50 bits per heavy atom. The van der Waals surface area contributed by atoms with Crippen LogP contribution < -0.4 is 5.32 Å². The summed E-state index contributed by atoms with van der Waals surface area (Å²) in [5.41, 5.74) is 1.43. The van der Waals surface area contributed by atoms with E-state index < -0.39 is 16.9 Å². The molecule has 7 nitrogen and oxygen atoms in total. The van der Waals surface area contributed by atoms with Crippen LogP contribution in [0.25, 0.3) is 10.6 Å². The second-order valence-corrected chi connectivity index (χ2v) is 6.22. The number of nitrogens with zero attached hydrogens (tertiary/aromatic N) is 2. The standard InChI is InChI=1S/C16H19N3O4S/c1-2-3-7-14(16(20)21)17-9-12-10-24-15(18-12)11-5-4-6-13(8-11)19(22)23/h4-6,8,10,14,17H,2-3,7,9H2,1H3,(H,20,21). The predicted octanol–water partition coefficient (Wildman–Crippen LogP) is 3.45. The number of rotatable bonds is 9. The molecule has 1 heterocycles. The topological polar surface area (TPSA) is 105 Å². The average Bonchev–Trinajstić information content (AvgIpc) is 3.03. The van der Waals surface area contributed by atoms with Crippen molar-refractivity contribution in [3.05, 3.63) is 45.5 Å². The molecule has 0 aliphatic carbocycles. The molecule has 0 aliphatic heterocycles. The van der Waals surface area contributed by atoms with Crippen molar-refractivity contribution in [1.29, 1.82) is 0 Å². The number of carbonyl (C=O) groups is 1. The van der Waals surface area contributed by atoms with E-state index in [-0.39, 0.29) is 5.69 Å². The van der Waals surface area contributed by atoms with E-state index in [9.17, 15) is 20.0 Å². The molecule has 1 unspecified atom stereocenters. The van der Waals surface area contributed by atoms with Crippen molar-refractivity contribution in [2.75, 3.05) is 0 Å². The van der Waals surface area contributed by atoms with Gasteiger partial charge in [0.15, 0.2) is 0 Å². The van der Waals surface area contributed by atoms with Gasteiger partial charge in [0.05, 0.1) is 10.6 Å². The van der Waals surface area contributed by atoms with E-state index in [0.29, 0.717) is 23.5 Å². The molecule has 0 aliphatic rings. The molecule has 0 amide bonds. The van der Waals surface area contributed by atoms with Gasteiger partial charge in [-0.3, -0.25) is 20.2 Å². The van der Waals surface area contributed by atoms with Crippen LogP contribution in [-0.4, -0.2) is 27.0 Å². The number of non-ortho nitro benzene ring substituents is 1. The summed E-state index contributed by atoms with van der Waals surface area (Å²) in [5.74, 6) is -0.863.